The van der Waals surface area contributed by atoms with Crippen LogP contribution in [0.25, 0.3) is 0 Å². The summed E-state index contributed by atoms with van der Waals surface area (Å²) in [7, 11) is 0. The first kappa shape index (κ1) is 16.2. The molecule has 2 amide bonds. The Morgan fingerprint density at radius 1 is 1.35 bits per heavy atom. The fourth-order valence-corrected chi connectivity index (χ4v) is 1.99. The molecule has 1 rings (SSSR count). The lowest BCUT2D eigenvalue weighted by atomic mass is 10.0. The van der Waals surface area contributed by atoms with Gasteiger partial charge in [0, 0.05) is 13.0 Å². The van der Waals surface area contributed by atoms with Crippen molar-refractivity contribution in [1.82, 2.24) is 10.2 Å². The number of carboxylic acid groups (broad SMARTS) is 2. The molecule has 1 atom stereocenters. The number of amides is 2. The normalized spacial score (nSPS) is 19.2. The van der Waals surface area contributed by atoms with Crippen molar-refractivity contribution in [3.05, 3.63) is 0 Å². The Morgan fingerprint density at radius 3 is 2.50 bits per heavy atom. The van der Waals surface area contributed by atoms with Crippen molar-refractivity contribution in [1.29, 1.82) is 0 Å². The van der Waals surface area contributed by atoms with Crippen LogP contribution < -0.4 is 5.32 Å². The number of nitrogens with one attached hydrogen (secondary N) is 1. The zero-order valence-electron chi connectivity index (χ0n) is 11.6. The number of hydrogen-bond acceptors (Lipinski definition) is 4. The van der Waals surface area contributed by atoms with E-state index in [9.17, 15) is 14.4 Å². The number of aliphatic carboxylic acids is 2. The third-order valence-electron chi connectivity index (χ3n) is 3.13. The van der Waals surface area contributed by atoms with Crippen LogP contribution in [0.3, 0.4) is 0 Å². The van der Waals surface area contributed by atoms with Gasteiger partial charge >= 0.3 is 18.0 Å². The molecule has 1 heterocycles. The summed E-state index contributed by atoms with van der Waals surface area (Å²) in [6.45, 7) is 4.76. The number of nitrogens with zero attached hydrogens (tertiary/aromatic N) is 1. The molecule has 0 saturated carbocycles. The average Bonchev–Trinajstić information content (AvgIpc) is 2.32. The second kappa shape index (κ2) is 6.56. The molecule has 114 valence electrons. The third-order valence-corrected chi connectivity index (χ3v) is 3.13. The van der Waals surface area contributed by atoms with Crippen LogP contribution in [0.1, 0.15) is 26.7 Å². The van der Waals surface area contributed by atoms with Crippen LogP contribution in [0.2, 0.25) is 0 Å². The summed E-state index contributed by atoms with van der Waals surface area (Å²) >= 11 is 0. The summed E-state index contributed by atoms with van der Waals surface area (Å²) in [6.07, 6.45) is -0.467. The number of hydrogen-bond donors (Lipinski definition) is 3. The first-order valence-electron chi connectivity index (χ1n) is 6.34. The molecule has 0 aromatic rings. The molecule has 0 aromatic carbocycles. The number of carboxylic acids is 2. The van der Waals surface area contributed by atoms with E-state index in [1.807, 2.05) is 13.8 Å². The van der Waals surface area contributed by atoms with E-state index in [1.165, 1.54) is 4.90 Å². The number of urea groups is 1. The highest BCUT2D eigenvalue weighted by molar-refractivity contribution is 5.83. The van der Waals surface area contributed by atoms with Gasteiger partial charge < -0.3 is 25.2 Å². The lowest BCUT2D eigenvalue weighted by molar-refractivity contribution is -0.140. The Balaban J connectivity index is 2.65. The first-order valence-corrected chi connectivity index (χ1v) is 6.34. The number of ether oxygens (including phenoxy) is 1. The topological polar surface area (TPSA) is 116 Å². The van der Waals surface area contributed by atoms with E-state index < -0.39 is 29.6 Å². The van der Waals surface area contributed by atoms with Crippen LogP contribution in [0.5, 0.6) is 0 Å². The molecular weight excluding hydrogens is 268 g/mol. The molecule has 0 bridgehead atoms. The van der Waals surface area contributed by atoms with Crippen molar-refractivity contribution in [3.8, 4) is 0 Å². The SMILES string of the molecule is CC1(C)COCCN1C(=O)N[C@@H](CCC(=O)O)C(=O)O. The summed E-state index contributed by atoms with van der Waals surface area (Å²) in [5.74, 6) is -2.34. The fourth-order valence-electron chi connectivity index (χ4n) is 1.99. The Morgan fingerprint density at radius 2 is 2.00 bits per heavy atom. The maximum Gasteiger partial charge on any atom is 0.326 e. The zero-order valence-corrected chi connectivity index (χ0v) is 11.6. The van der Waals surface area contributed by atoms with Crippen LogP contribution >= 0.6 is 0 Å². The van der Waals surface area contributed by atoms with E-state index in [1.54, 1.807) is 0 Å². The first-order chi connectivity index (χ1) is 9.24. The standard InChI is InChI=1S/C12H20N2O6/c1-12(2)7-20-6-5-14(12)11(19)13-8(10(17)18)3-4-9(15)16/h8H,3-7H2,1-2H3,(H,13,19)(H,15,16)(H,17,18)/t8-/m0/s1. The number of morpholine rings is 1. The lowest BCUT2D eigenvalue weighted by Gasteiger charge is -2.42. The highest BCUT2D eigenvalue weighted by Gasteiger charge is 2.35. The molecule has 1 saturated heterocycles. The maximum absolute atomic E-state index is 12.1. The minimum atomic E-state index is -1.24. The third kappa shape index (κ3) is 4.37. The lowest BCUT2D eigenvalue weighted by Crippen LogP contribution is -2.60. The molecular formula is C12H20N2O6. The van der Waals surface area contributed by atoms with Crippen molar-refractivity contribution in [2.75, 3.05) is 19.8 Å². The smallest absolute Gasteiger partial charge is 0.326 e. The van der Waals surface area contributed by atoms with Gasteiger partial charge in [-0.3, -0.25) is 4.79 Å². The summed E-state index contributed by atoms with van der Waals surface area (Å²) in [5, 5.41) is 20.0. The van der Waals surface area contributed by atoms with Crippen molar-refractivity contribution in [3.63, 3.8) is 0 Å². The van der Waals surface area contributed by atoms with Crippen LogP contribution in [0.4, 0.5) is 4.79 Å². The number of carbonyl (C=O) groups is 3. The summed E-state index contributed by atoms with van der Waals surface area (Å²) in [4.78, 5) is 35.2. The van der Waals surface area contributed by atoms with Crippen LogP contribution in [-0.4, -0.2) is 64.4 Å². The minimum absolute atomic E-state index is 0.152. The molecule has 20 heavy (non-hydrogen) atoms. The second-order valence-corrected chi connectivity index (χ2v) is 5.29. The van der Waals surface area contributed by atoms with E-state index in [0.29, 0.717) is 19.8 Å². The Kier molecular flexibility index (Phi) is 5.32. The molecule has 0 radical (unpaired) electrons. The molecule has 3 N–H and O–H groups in total. The summed E-state index contributed by atoms with van der Waals surface area (Å²) < 4.78 is 5.28. The number of rotatable bonds is 5. The van der Waals surface area contributed by atoms with Crippen molar-refractivity contribution < 1.29 is 29.3 Å². The molecule has 0 unspecified atom stereocenters. The minimum Gasteiger partial charge on any atom is -0.481 e. The summed E-state index contributed by atoms with van der Waals surface area (Å²) in [6, 6.07) is -1.73. The van der Waals surface area contributed by atoms with Crippen molar-refractivity contribution in [2.45, 2.75) is 38.3 Å². The quantitative estimate of drug-likeness (QED) is 0.662. The average molecular weight is 288 g/mol. The van der Waals surface area contributed by atoms with Gasteiger partial charge in [-0.05, 0) is 20.3 Å². The Hall–Kier alpha value is -1.83. The summed E-state index contributed by atoms with van der Waals surface area (Å²) in [5.41, 5.74) is -0.530. The van der Waals surface area contributed by atoms with Gasteiger partial charge in [0.25, 0.3) is 0 Å². The number of carbonyl (C=O) groups excluding carboxylic acids is 1. The van der Waals surface area contributed by atoms with Gasteiger partial charge in [0.05, 0.1) is 18.8 Å². The molecule has 0 aliphatic carbocycles. The molecule has 1 aliphatic heterocycles. The van der Waals surface area contributed by atoms with E-state index in [-0.39, 0.29) is 12.8 Å². The van der Waals surface area contributed by atoms with Gasteiger partial charge in [0.2, 0.25) is 0 Å². The van der Waals surface area contributed by atoms with E-state index in [2.05, 4.69) is 5.32 Å². The van der Waals surface area contributed by atoms with Crippen molar-refractivity contribution >= 4 is 18.0 Å². The molecule has 0 spiro atoms. The zero-order chi connectivity index (χ0) is 15.3. The molecule has 0 aromatic heterocycles. The maximum atomic E-state index is 12.1. The van der Waals surface area contributed by atoms with Crippen LogP contribution in [-0.2, 0) is 14.3 Å². The van der Waals surface area contributed by atoms with Crippen LogP contribution in [0.15, 0.2) is 0 Å². The fraction of sp³-hybridized carbons (Fsp3) is 0.750. The van der Waals surface area contributed by atoms with E-state index in [0.717, 1.165) is 0 Å². The van der Waals surface area contributed by atoms with E-state index >= 15 is 0 Å². The highest BCUT2D eigenvalue weighted by atomic mass is 16.5. The van der Waals surface area contributed by atoms with Crippen LogP contribution in [0, 0.1) is 0 Å². The Labute approximate surface area is 116 Å². The molecule has 1 fully saturated rings. The molecule has 8 heteroatoms. The van der Waals surface area contributed by atoms with Gasteiger partial charge in [-0.2, -0.15) is 0 Å². The van der Waals surface area contributed by atoms with Gasteiger partial charge in [-0.15, -0.1) is 0 Å². The van der Waals surface area contributed by atoms with E-state index in [4.69, 9.17) is 14.9 Å². The van der Waals surface area contributed by atoms with Gasteiger partial charge in [-0.25, -0.2) is 9.59 Å². The monoisotopic (exact) mass is 288 g/mol. The second-order valence-electron chi connectivity index (χ2n) is 5.29. The van der Waals surface area contributed by atoms with Gasteiger partial charge in [-0.1, -0.05) is 0 Å². The van der Waals surface area contributed by atoms with Gasteiger partial charge in [0.15, 0.2) is 0 Å². The largest absolute Gasteiger partial charge is 0.481 e. The Bertz CT molecular complexity index is 395. The highest BCUT2D eigenvalue weighted by Crippen LogP contribution is 2.19. The van der Waals surface area contributed by atoms with Gasteiger partial charge in [0.1, 0.15) is 6.04 Å². The molecule has 8 nitrogen and oxygen atoms in total. The molecule has 1 aliphatic rings. The predicted molar refractivity (Wildman–Crippen MR) is 68.4 cm³/mol. The van der Waals surface area contributed by atoms with Crippen molar-refractivity contribution in [2.24, 2.45) is 0 Å². The predicted octanol–water partition coefficient (Wildman–Crippen LogP) is 0.125.